The van der Waals surface area contributed by atoms with Crippen LogP contribution in [0.4, 0.5) is 0 Å². The summed E-state index contributed by atoms with van der Waals surface area (Å²) in [6.45, 7) is 6.12. The number of aromatic amines is 1. The van der Waals surface area contributed by atoms with Gasteiger partial charge in [0.1, 0.15) is 4.90 Å². The summed E-state index contributed by atoms with van der Waals surface area (Å²) in [7, 11) is -1.77. The van der Waals surface area contributed by atoms with E-state index < -0.39 is 10.0 Å². The number of thioether (sulfide) groups is 1. The van der Waals surface area contributed by atoms with Gasteiger partial charge in [0, 0.05) is 12.6 Å². The molecule has 0 radical (unpaired) electrons. The summed E-state index contributed by atoms with van der Waals surface area (Å²) in [6, 6.07) is -0.0872. The Kier molecular flexibility index (Phi) is 7.01. The van der Waals surface area contributed by atoms with Crippen LogP contribution in [0.3, 0.4) is 0 Å². The minimum atomic E-state index is -3.53. The van der Waals surface area contributed by atoms with Gasteiger partial charge in [-0.3, -0.25) is 5.10 Å². The molecule has 0 saturated heterocycles. The monoisotopic (exact) mass is 320 g/mol. The Bertz CT molecular complexity index is 514. The van der Waals surface area contributed by atoms with E-state index in [4.69, 9.17) is 0 Å². The fraction of sp³-hybridized carbons (Fsp3) is 0.750. The second-order valence-corrected chi connectivity index (χ2v) is 7.71. The molecule has 0 bridgehead atoms. The third kappa shape index (κ3) is 4.76. The van der Waals surface area contributed by atoms with Gasteiger partial charge in [-0.15, -0.1) is 0 Å². The van der Waals surface area contributed by atoms with Crippen molar-refractivity contribution in [3.05, 3.63) is 11.4 Å². The highest BCUT2D eigenvalue weighted by atomic mass is 32.2. The van der Waals surface area contributed by atoms with E-state index in [-0.39, 0.29) is 10.9 Å². The van der Waals surface area contributed by atoms with Crippen molar-refractivity contribution in [1.29, 1.82) is 0 Å². The van der Waals surface area contributed by atoms with Crippen LogP contribution in [0.15, 0.2) is 4.90 Å². The second-order valence-electron chi connectivity index (χ2n) is 4.66. The van der Waals surface area contributed by atoms with Crippen LogP contribution in [0.2, 0.25) is 0 Å². The lowest BCUT2D eigenvalue weighted by Gasteiger charge is -2.14. The van der Waals surface area contributed by atoms with E-state index in [0.717, 1.165) is 17.9 Å². The average molecular weight is 320 g/mol. The first kappa shape index (κ1) is 17.5. The van der Waals surface area contributed by atoms with Crippen LogP contribution in [-0.2, 0) is 16.6 Å². The molecule has 0 aromatic carbocycles. The summed E-state index contributed by atoms with van der Waals surface area (Å²) in [6.07, 6.45) is 0.815. The maximum Gasteiger partial charge on any atom is 0.244 e. The molecule has 8 heteroatoms. The quantitative estimate of drug-likeness (QED) is 0.596. The zero-order chi connectivity index (χ0) is 15.2. The molecule has 0 spiro atoms. The van der Waals surface area contributed by atoms with Gasteiger partial charge < -0.3 is 5.32 Å². The molecule has 1 atom stereocenters. The predicted octanol–water partition coefficient (Wildman–Crippen LogP) is 1.25. The van der Waals surface area contributed by atoms with Crippen LogP contribution in [0.5, 0.6) is 0 Å². The highest BCUT2D eigenvalue weighted by molar-refractivity contribution is 7.99. The summed E-state index contributed by atoms with van der Waals surface area (Å²) in [4.78, 5) is 0.266. The number of nitrogens with zero attached hydrogens (tertiary/aromatic N) is 1. The number of rotatable bonds is 9. The van der Waals surface area contributed by atoms with Gasteiger partial charge in [0.25, 0.3) is 0 Å². The summed E-state index contributed by atoms with van der Waals surface area (Å²) in [5.74, 6) is 2.00. The second kappa shape index (κ2) is 8.02. The minimum Gasteiger partial charge on any atom is -0.314 e. The van der Waals surface area contributed by atoms with E-state index in [0.29, 0.717) is 17.9 Å². The number of aromatic nitrogens is 2. The van der Waals surface area contributed by atoms with Crippen molar-refractivity contribution in [2.45, 2.75) is 44.7 Å². The molecule has 6 nitrogen and oxygen atoms in total. The van der Waals surface area contributed by atoms with Crippen LogP contribution >= 0.6 is 11.8 Å². The molecule has 20 heavy (non-hydrogen) atoms. The molecule has 116 valence electrons. The molecule has 1 rings (SSSR count). The third-order valence-corrected chi connectivity index (χ3v) is 5.55. The molecule has 1 aromatic heterocycles. The van der Waals surface area contributed by atoms with Gasteiger partial charge in [-0.2, -0.15) is 16.9 Å². The molecular weight excluding hydrogens is 296 g/mol. The maximum atomic E-state index is 12.4. The summed E-state index contributed by atoms with van der Waals surface area (Å²) < 4.78 is 27.6. The molecule has 0 aliphatic rings. The van der Waals surface area contributed by atoms with Crippen molar-refractivity contribution >= 4 is 21.8 Å². The fourth-order valence-corrected chi connectivity index (χ4v) is 4.35. The standard InChI is InChI=1S/C12H24N4O2S2/c1-5-19-7-6-9(2)16-20(17,18)12-10(3)14-15-11(12)8-13-4/h9,13,16H,5-8H2,1-4H3,(H,14,15). The first-order chi connectivity index (χ1) is 9.42. The first-order valence-electron chi connectivity index (χ1n) is 6.70. The number of aryl methyl sites for hydroxylation is 1. The zero-order valence-corrected chi connectivity index (χ0v) is 14.1. The number of hydrogen-bond donors (Lipinski definition) is 3. The molecule has 0 amide bonds. The van der Waals surface area contributed by atoms with E-state index in [2.05, 4.69) is 27.2 Å². The van der Waals surface area contributed by atoms with Gasteiger partial charge in [0.15, 0.2) is 0 Å². The molecule has 3 N–H and O–H groups in total. The summed E-state index contributed by atoms with van der Waals surface area (Å²) in [5, 5.41) is 9.71. The van der Waals surface area contributed by atoms with Crippen molar-refractivity contribution < 1.29 is 8.42 Å². The van der Waals surface area contributed by atoms with Crippen LogP contribution in [-0.4, -0.2) is 43.2 Å². The molecule has 1 heterocycles. The largest absolute Gasteiger partial charge is 0.314 e. The number of sulfonamides is 1. The van der Waals surface area contributed by atoms with Crippen molar-refractivity contribution in [2.24, 2.45) is 0 Å². The van der Waals surface area contributed by atoms with Gasteiger partial charge in [-0.1, -0.05) is 6.92 Å². The summed E-state index contributed by atoms with van der Waals surface area (Å²) >= 11 is 1.81. The number of hydrogen-bond acceptors (Lipinski definition) is 5. The molecule has 1 unspecified atom stereocenters. The van der Waals surface area contributed by atoms with Gasteiger partial charge >= 0.3 is 0 Å². The van der Waals surface area contributed by atoms with Crippen molar-refractivity contribution in [2.75, 3.05) is 18.6 Å². The lowest BCUT2D eigenvalue weighted by Crippen LogP contribution is -2.34. The average Bonchev–Trinajstić information content (AvgIpc) is 2.71. The van der Waals surface area contributed by atoms with Crippen LogP contribution < -0.4 is 10.0 Å². The number of H-pyrrole nitrogens is 1. The normalized spacial score (nSPS) is 13.6. The fourth-order valence-electron chi connectivity index (χ4n) is 1.90. The van der Waals surface area contributed by atoms with Crippen LogP contribution in [0, 0.1) is 6.92 Å². The van der Waals surface area contributed by atoms with Crippen LogP contribution in [0.1, 0.15) is 31.7 Å². The van der Waals surface area contributed by atoms with Gasteiger partial charge in [0.2, 0.25) is 10.0 Å². The smallest absolute Gasteiger partial charge is 0.244 e. The molecule has 0 saturated carbocycles. The predicted molar refractivity (Wildman–Crippen MR) is 83.5 cm³/mol. The van der Waals surface area contributed by atoms with E-state index in [9.17, 15) is 8.42 Å². The van der Waals surface area contributed by atoms with Gasteiger partial charge in [-0.25, -0.2) is 13.1 Å². The van der Waals surface area contributed by atoms with Crippen LogP contribution in [0.25, 0.3) is 0 Å². The van der Waals surface area contributed by atoms with E-state index in [1.54, 1.807) is 14.0 Å². The Morgan fingerprint density at radius 3 is 2.75 bits per heavy atom. The highest BCUT2D eigenvalue weighted by Crippen LogP contribution is 2.18. The topological polar surface area (TPSA) is 86.9 Å². The summed E-state index contributed by atoms with van der Waals surface area (Å²) in [5.41, 5.74) is 1.09. The van der Waals surface area contributed by atoms with Crippen molar-refractivity contribution in [3.63, 3.8) is 0 Å². The zero-order valence-electron chi connectivity index (χ0n) is 12.5. The maximum absolute atomic E-state index is 12.4. The molecule has 0 fully saturated rings. The third-order valence-electron chi connectivity index (χ3n) is 2.83. The minimum absolute atomic E-state index is 0.0872. The Balaban J connectivity index is 2.80. The Morgan fingerprint density at radius 2 is 2.15 bits per heavy atom. The van der Waals surface area contributed by atoms with E-state index in [1.807, 2.05) is 18.7 Å². The lowest BCUT2D eigenvalue weighted by molar-refractivity contribution is 0.555. The number of nitrogens with one attached hydrogen (secondary N) is 3. The lowest BCUT2D eigenvalue weighted by atomic mass is 10.3. The van der Waals surface area contributed by atoms with Crippen molar-refractivity contribution in [1.82, 2.24) is 20.2 Å². The Hall–Kier alpha value is -0.570. The van der Waals surface area contributed by atoms with Gasteiger partial charge in [-0.05, 0) is 38.8 Å². The highest BCUT2D eigenvalue weighted by Gasteiger charge is 2.25. The van der Waals surface area contributed by atoms with E-state index in [1.165, 1.54) is 0 Å². The first-order valence-corrected chi connectivity index (χ1v) is 9.34. The SMILES string of the molecule is CCSCCC(C)NS(=O)(=O)c1c(CNC)n[nH]c1C. The molecule has 1 aromatic rings. The van der Waals surface area contributed by atoms with E-state index >= 15 is 0 Å². The molecule has 0 aliphatic carbocycles. The van der Waals surface area contributed by atoms with Crippen molar-refractivity contribution in [3.8, 4) is 0 Å². The Morgan fingerprint density at radius 1 is 1.45 bits per heavy atom. The molecule has 0 aliphatic heterocycles. The Labute approximate surface area is 125 Å². The van der Waals surface area contributed by atoms with Gasteiger partial charge in [0.05, 0.1) is 11.4 Å². The molecular formula is C12H24N4O2S2.